The molecule has 0 aliphatic heterocycles. The second-order valence-electron chi connectivity index (χ2n) is 6.14. The Morgan fingerprint density at radius 1 is 0.739 bits per heavy atom. The minimum Gasteiger partial charge on any atom is -0.325 e. The Morgan fingerprint density at radius 3 is 1.65 bits per heavy atom. The van der Waals surface area contributed by atoms with Crippen molar-refractivity contribution in [1.29, 1.82) is 0 Å². The van der Waals surface area contributed by atoms with E-state index < -0.39 is 0 Å². The fourth-order valence-corrected chi connectivity index (χ4v) is 2.69. The van der Waals surface area contributed by atoms with E-state index in [0.717, 1.165) is 24.5 Å². The van der Waals surface area contributed by atoms with E-state index in [2.05, 4.69) is 53.4 Å². The van der Waals surface area contributed by atoms with Crippen molar-refractivity contribution in [3.63, 3.8) is 0 Å². The van der Waals surface area contributed by atoms with Gasteiger partial charge in [0.05, 0.1) is 0 Å². The molecule has 124 valence electrons. The third-order valence-electron chi connectivity index (χ3n) is 4.04. The number of aryl methyl sites for hydroxylation is 2. The number of pyridine rings is 2. The minimum absolute atomic E-state index is 0.886. The van der Waals surface area contributed by atoms with Gasteiger partial charge >= 0.3 is 0 Å². The first-order chi connectivity index (χ1) is 11.3. The van der Waals surface area contributed by atoms with E-state index in [4.69, 9.17) is 0 Å². The average molecular weight is 311 g/mol. The summed E-state index contributed by atoms with van der Waals surface area (Å²) in [5, 5.41) is 3.34. The van der Waals surface area contributed by atoms with Crippen LogP contribution in [0.25, 0.3) is 0 Å². The number of nitrogens with one attached hydrogen (secondary N) is 1. The topological polar surface area (TPSA) is 37.8 Å². The summed E-state index contributed by atoms with van der Waals surface area (Å²) in [6.07, 6.45) is 13.6. The van der Waals surface area contributed by atoms with E-state index in [-0.39, 0.29) is 0 Å². The Labute approximate surface area is 140 Å². The second-order valence-corrected chi connectivity index (χ2v) is 6.14. The fourth-order valence-electron chi connectivity index (χ4n) is 2.69. The van der Waals surface area contributed by atoms with Crippen LogP contribution in [0.15, 0.2) is 36.7 Å². The molecule has 0 aliphatic carbocycles. The van der Waals surface area contributed by atoms with Crippen LogP contribution in [0.4, 0.5) is 11.6 Å². The van der Waals surface area contributed by atoms with E-state index in [1.54, 1.807) is 0 Å². The van der Waals surface area contributed by atoms with Crippen LogP contribution < -0.4 is 5.32 Å². The van der Waals surface area contributed by atoms with Crippen molar-refractivity contribution in [3.8, 4) is 0 Å². The lowest BCUT2D eigenvalue weighted by atomic mass is 10.1. The highest BCUT2D eigenvalue weighted by Crippen LogP contribution is 2.17. The second kappa shape index (κ2) is 9.98. The summed E-state index contributed by atoms with van der Waals surface area (Å²) in [4.78, 5) is 8.83. The van der Waals surface area contributed by atoms with Crippen LogP contribution in [0, 0.1) is 0 Å². The van der Waals surface area contributed by atoms with Gasteiger partial charge in [0.2, 0.25) is 0 Å². The van der Waals surface area contributed by atoms with E-state index in [1.807, 2.05) is 12.4 Å². The normalized spacial score (nSPS) is 10.7. The number of unbranched alkanes of at least 4 members (excludes halogenated alkanes) is 4. The van der Waals surface area contributed by atoms with Gasteiger partial charge in [0.25, 0.3) is 0 Å². The van der Waals surface area contributed by atoms with Gasteiger partial charge in [0.15, 0.2) is 0 Å². The Morgan fingerprint density at radius 2 is 1.22 bits per heavy atom. The SMILES string of the molecule is CCCCCc1ccnc(Nc2cc(CCCCC)ccn2)c1. The molecule has 0 aliphatic rings. The first-order valence-corrected chi connectivity index (χ1v) is 8.98. The van der Waals surface area contributed by atoms with Gasteiger partial charge in [-0.3, -0.25) is 0 Å². The van der Waals surface area contributed by atoms with Gasteiger partial charge in [-0.25, -0.2) is 9.97 Å². The van der Waals surface area contributed by atoms with Gasteiger partial charge in [-0.1, -0.05) is 39.5 Å². The molecule has 0 bridgehead atoms. The molecule has 0 amide bonds. The lowest BCUT2D eigenvalue weighted by Crippen LogP contribution is -1.98. The van der Waals surface area contributed by atoms with Crippen molar-refractivity contribution in [2.24, 2.45) is 0 Å². The van der Waals surface area contributed by atoms with Crippen molar-refractivity contribution < 1.29 is 0 Å². The molecule has 2 rings (SSSR count). The number of aromatic nitrogens is 2. The van der Waals surface area contributed by atoms with Gasteiger partial charge in [-0.05, 0) is 61.1 Å². The van der Waals surface area contributed by atoms with Crippen LogP contribution in [0.1, 0.15) is 63.5 Å². The molecule has 0 atom stereocenters. The number of rotatable bonds is 10. The summed E-state index contributed by atoms with van der Waals surface area (Å²) in [6.45, 7) is 4.47. The molecule has 1 N–H and O–H groups in total. The Hall–Kier alpha value is -1.90. The smallest absolute Gasteiger partial charge is 0.131 e. The predicted octanol–water partition coefficient (Wildman–Crippen LogP) is 5.69. The molecule has 0 fully saturated rings. The van der Waals surface area contributed by atoms with Crippen LogP contribution in [-0.4, -0.2) is 9.97 Å². The summed E-state index contributed by atoms with van der Waals surface area (Å²) in [6, 6.07) is 8.49. The Bertz CT molecular complexity index is 529. The summed E-state index contributed by atoms with van der Waals surface area (Å²) in [5.74, 6) is 1.77. The van der Waals surface area contributed by atoms with Crippen molar-refractivity contribution in [3.05, 3.63) is 47.8 Å². The average Bonchev–Trinajstić information content (AvgIpc) is 2.56. The highest BCUT2D eigenvalue weighted by Gasteiger charge is 2.01. The van der Waals surface area contributed by atoms with Gasteiger partial charge in [-0.15, -0.1) is 0 Å². The monoisotopic (exact) mass is 311 g/mol. The van der Waals surface area contributed by atoms with Crippen LogP contribution in [-0.2, 0) is 12.8 Å². The summed E-state index contributed by atoms with van der Waals surface area (Å²) in [5.41, 5.74) is 2.69. The molecule has 0 unspecified atom stereocenters. The number of nitrogens with zero attached hydrogens (tertiary/aromatic N) is 2. The molecule has 2 heterocycles. The predicted molar refractivity (Wildman–Crippen MR) is 98.2 cm³/mol. The third-order valence-corrected chi connectivity index (χ3v) is 4.04. The number of hydrogen-bond donors (Lipinski definition) is 1. The molecule has 0 aromatic carbocycles. The van der Waals surface area contributed by atoms with Crippen LogP contribution in [0.2, 0.25) is 0 Å². The van der Waals surface area contributed by atoms with E-state index in [1.165, 1.54) is 49.7 Å². The van der Waals surface area contributed by atoms with E-state index in [9.17, 15) is 0 Å². The van der Waals surface area contributed by atoms with Crippen molar-refractivity contribution in [2.45, 2.75) is 65.2 Å². The lowest BCUT2D eigenvalue weighted by molar-refractivity contribution is 0.717. The zero-order chi connectivity index (χ0) is 16.3. The molecule has 3 heteroatoms. The maximum atomic E-state index is 4.42. The maximum absolute atomic E-state index is 4.42. The standard InChI is InChI=1S/C20H29N3/c1-3-5-7-9-17-11-13-21-19(15-17)23-20-16-18(12-14-22-20)10-8-6-4-2/h11-16H,3-10H2,1-2H3,(H,21,22,23). The summed E-state index contributed by atoms with van der Waals surface area (Å²) >= 11 is 0. The zero-order valence-corrected chi connectivity index (χ0v) is 14.5. The molecule has 2 aromatic heterocycles. The fraction of sp³-hybridized carbons (Fsp3) is 0.500. The molecular weight excluding hydrogens is 282 g/mol. The van der Waals surface area contributed by atoms with Crippen molar-refractivity contribution >= 4 is 11.6 Å². The van der Waals surface area contributed by atoms with Gasteiger partial charge in [0, 0.05) is 12.4 Å². The minimum atomic E-state index is 0.886. The Balaban J connectivity index is 1.95. The number of hydrogen-bond acceptors (Lipinski definition) is 3. The molecule has 0 saturated carbocycles. The van der Waals surface area contributed by atoms with Crippen molar-refractivity contribution in [2.75, 3.05) is 5.32 Å². The molecule has 2 aromatic rings. The molecule has 23 heavy (non-hydrogen) atoms. The highest BCUT2D eigenvalue weighted by molar-refractivity contribution is 5.53. The van der Waals surface area contributed by atoms with Gasteiger partial charge in [0.1, 0.15) is 11.6 Å². The molecular formula is C20H29N3. The quantitative estimate of drug-likeness (QED) is 0.573. The zero-order valence-electron chi connectivity index (χ0n) is 14.5. The van der Waals surface area contributed by atoms with Gasteiger partial charge < -0.3 is 5.32 Å². The molecule has 0 saturated heterocycles. The van der Waals surface area contributed by atoms with E-state index >= 15 is 0 Å². The van der Waals surface area contributed by atoms with E-state index in [0.29, 0.717) is 0 Å². The maximum Gasteiger partial charge on any atom is 0.131 e. The molecule has 0 spiro atoms. The third kappa shape index (κ3) is 6.39. The van der Waals surface area contributed by atoms with Crippen LogP contribution in [0.5, 0.6) is 0 Å². The first-order valence-electron chi connectivity index (χ1n) is 8.98. The summed E-state index contributed by atoms with van der Waals surface area (Å²) < 4.78 is 0. The summed E-state index contributed by atoms with van der Waals surface area (Å²) in [7, 11) is 0. The molecule has 3 nitrogen and oxygen atoms in total. The number of anilines is 2. The van der Waals surface area contributed by atoms with Crippen LogP contribution in [0.3, 0.4) is 0 Å². The van der Waals surface area contributed by atoms with Crippen LogP contribution >= 0.6 is 0 Å². The molecule has 0 radical (unpaired) electrons. The van der Waals surface area contributed by atoms with Crippen molar-refractivity contribution in [1.82, 2.24) is 9.97 Å². The highest BCUT2D eigenvalue weighted by atomic mass is 15.0. The Kier molecular flexibility index (Phi) is 7.58. The lowest BCUT2D eigenvalue weighted by Gasteiger charge is -2.08. The van der Waals surface area contributed by atoms with Gasteiger partial charge in [-0.2, -0.15) is 0 Å². The first kappa shape index (κ1) is 17.5. The largest absolute Gasteiger partial charge is 0.325 e.